The van der Waals surface area contributed by atoms with Crippen molar-refractivity contribution in [1.29, 1.82) is 0 Å². The van der Waals surface area contributed by atoms with E-state index in [1.54, 1.807) is 13.8 Å². The molecule has 0 amide bonds. The van der Waals surface area contributed by atoms with Crippen molar-refractivity contribution < 1.29 is 19.8 Å². The van der Waals surface area contributed by atoms with Gasteiger partial charge in [0.1, 0.15) is 0 Å². The first-order valence-electron chi connectivity index (χ1n) is 5.72. The van der Waals surface area contributed by atoms with Crippen LogP contribution in [0.1, 0.15) is 53.4 Å². The highest BCUT2D eigenvalue weighted by Gasteiger charge is 1.99. The molecule has 0 aliphatic carbocycles. The van der Waals surface area contributed by atoms with Gasteiger partial charge in [-0.1, -0.05) is 40.5 Å². The molecule has 0 heterocycles. The highest BCUT2D eigenvalue weighted by Crippen LogP contribution is 2.07. The molecular formula is C12H24O4. The van der Waals surface area contributed by atoms with Crippen LogP contribution in [-0.4, -0.2) is 22.2 Å². The zero-order chi connectivity index (χ0) is 13.1. The monoisotopic (exact) mass is 232 g/mol. The van der Waals surface area contributed by atoms with Crippen LogP contribution in [0.5, 0.6) is 0 Å². The molecule has 0 atom stereocenters. The molecule has 4 nitrogen and oxygen atoms in total. The van der Waals surface area contributed by atoms with Gasteiger partial charge < -0.3 is 10.2 Å². The maximum Gasteiger partial charge on any atom is 0.305 e. The van der Waals surface area contributed by atoms with Gasteiger partial charge in [0, 0.05) is 6.42 Å². The molecule has 0 aromatic rings. The van der Waals surface area contributed by atoms with Crippen molar-refractivity contribution >= 4 is 11.9 Å². The van der Waals surface area contributed by atoms with Crippen molar-refractivity contribution in [2.75, 3.05) is 0 Å². The summed E-state index contributed by atoms with van der Waals surface area (Å²) in [5, 5.41) is 16.3. The predicted molar refractivity (Wildman–Crippen MR) is 63.4 cm³/mol. The Morgan fingerprint density at radius 2 is 1.44 bits per heavy atom. The van der Waals surface area contributed by atoms with Crippen LogP contribution in [0.15, 0.2) is 0 Å². The second kappa shape index (κ2) is 10.5. The van der Waals surface area contributed by atoms with Crippen LogP contribution >= 0.6 is 0 Å². The smallest absolute Gasteiger partial charge is 0.305 e. The second-order valence-corrected chi connectivity index (χ2v) is 4.53. The SMILES string of the molecule is CC(C)C(=O)O.CC(C)CCCCC(=O)O. The van der Waals surface area contributed by atoms with Crippen molar-refractivity contribution in [2.24, 2.45) is 11.8 Å². The normalized spacial score (nSPS) is 9.88. The minimum Gasteiger partial charge on any atom is -0.481 e. The lowest BCUT2D eigenvalue weighted by Crippen LogP contribution is -2.03. The lowest BCUT2D eigenvalue weighted by molar-refractivity contribution is -0.140. The Hall–Kier alpha value is -1.06. The van der Waals surface area contributed by atoms with Crippen LogP contribution in [0.2, 0.25) is 0 Å². The first-order chi connectivity index (χ1) is 7.27. The van der Waals surface area contributed by atoms with Gasteiger partial charge in [-0.25, -0.2) is 0 Å². The number of carboxylic acids is 2. The molecule has 0 aliphatic rings. The average molecular weight is 232 g/mol. The van der Waals surface area contributed by atoms with Crippen molar-refractivity contribution in [2.45, 2.75) is 53.4 Å². The summed E-state index contributed by atoms with van der Waals surface area (Å²) in [7, 11) is 0. The minimum atomic E-state index is -0.741. The van der Waals surface area contributed by atoms with Gasteiger partial charge in [-0.15, -0.1) is 0 Å². The third-order valence-electron chi connectivity index (χ3n) is 1.92. The van der Waals surface area contributed by atoms with Gasteiger partial charge >= 0.3 is 11.9 Å². The van der Waals surface area contributed by atoms with Crippen LogP contribution < -0.4 is 0 Å². The Morgan fingerprint density at radius 3 is 1.69 bits per heavy atom. The standard InChI is InChI=1S/C8H16O2.C4H8O2/c1-7(2)5-3-4-6-8(9)10;1-3(2)4(5)6/h7H,3-6H2,1-2H3,(H,9,10);3H,1-2H3,(H,5,6). The number of unbranched alkanes of at least 4 members (excludes halogenated alkanes) is 1. The van der Waals surface area contributed by atoms with E-state index in [0.29, 0.717) is 12.3 Å². The van der Waals surface area contributed by atoms with Crippen LogP contribution in [0.25, 0.3) is 0 Å². The quantitative estimate of drug-likeness (QED) is 0.690. The fraction of sp³-hybridized carbons (Fsp3) is 0.833. The summed E-state index contributed by atoms with van der Waals surface area (Å²) in [6.45, 7) is 7.59. The molecule has 0 bridgehead atoms. The number of aliphatic carboxylic acids is 2. The molecule has 0 aromatic carbocycles. The molecule has 0 saturated carbocycles. The Balaban J connectivity index is 0. The Bertz CT molecular complexity index is 197. The molecule has 0 unspecified atom stereocenters. The molecule has 96 valence electrons. The zero-order valence-electron chi connectivity index (χ0n) is 10.7. The third kappa shape index (κ3) is 18.7. The Labute approximate surface area is 97.7 Å². The summed E-state index contributed by atoms with van der Waals surface area (Å²) in [5.74, 6) is -0.947. The van der Waals surface area contributed by atoms with Gasteiger partial charge in [-0.05, 0) is 12.3 Å². The molecule has 4 heteroatoms. The van der Waals surface area contributed by atoms with Crippen LogP contribution in [0.4, 0.5) is 0 Å². The van der Waals surface area contributed by atoms with E-state index < -0.39 is 11.9 Å². The van der Waals surface area contributed by atoms with Gasteiger partial charge in [0.05, 0.1) is 5.92 Å². The molecule has 0 saturated heterocycles. The Morgan fingerprint density at radius 1 is 1.00 bits per heavy atom. The highest BCUT2D eigenvalue weighted by atomic mass is 16.4. The molecule has 0 aromatic heterocycles. The maximum absolute atomic E-state index is 10.0. The topological polar surface area (TPSA) is 74.6 Å². The summed E-state index contributed by atoms with van der Waals surface area (Å²) in [4.78, 5) is 19.7. The number of rotatable bonds is 6. The summed E-state index contributed by atoms with van der Waals surface area (Å²) in [6.07, 6.45) is 3.34. The maximum atomic E-state index is 10.0. The number of hydrogen-bond donors (Lipinski definition) is 2. The highest BCUT2D eigenvalue weighted by molar-refractivity contribution is 5.68. The van der Waals surface area contributed by atoms with Crippen LogP contribution in [-0.2, 0) is 9.59 Å². The summed E-state index contributed by atoms with van der Waals surface area (Å²) < 4.78 is 0. The van der Waals surface area contributed by atoms with Gasteiger partial charge in [-0.3, -0.25) is 9.59 Å². The van der Waals surface area contributed by atoms with Crippen LogP contribution in [0.3, 0.4) is 0 Å². The number of hydrogen-bond acceptors (Lipinski definition) is 2. The molecule has 16 heavy (non-hydrogen) atoms. The molecule has 0 spiro atoms. The van der Waals surface area contributed by atoms with Gasteiger partial charge in [0.15, 0.2) is 0 Å². The summed E-state index contributed by atoms with van der Waals surface area (Å²) in [5.41, 5.74) is 0. The van der Waals surface area contributed by atoms with E-state index in [1.807, 2.05) is 0 Å². The zero-order valence-corrected chi connectivity index (χ0v) is 10.7. The van der Waals surface area contributed by atoms with Crippen molar-refractivity contribution in [3.8, 4) is 0 Å². The molecule has 0 aliphatic heterocycles. The van der Waals surface area contributed by atoms with Gasteiger partial charge in [0.25, 0.3) is 0 Å². The van der Waals surface area contributed by atoms with Crippen LogP contribution in [0, 0.1) is 11.8 Å². The summed E-state index contributed by atoms with van der Waals surface area (Å²) >= 11 is 0. The van der Waals surface area contributed by atoms with E-state index in [9.17, 15) is 9.59 Å². The molecule has 0 radical (unpaired) electrons. The number of carboxylic acid groups (broad SMARTS) is 2. The van der Waals surface area contributed by atoms with Crippen molar-refractivity contribution in [3.05, 3.63) is 0 Å². The number of carbonyl (C=O) groups is 2. The largest absolute Gasteiger partial charge is 0.481 e. The molecule has 2 N–H and O–H groups in total. The third-order valence-corrected chi connectivity index (χ3v) is 1.92. The molecular weight excluding hydrogens is 208 g/mol. The van der Waals surface area contributed by atoms with E-state index in [4.69, 9.17) is 10.2 Å². The predicted octanol–water partition coefficient (Wildman–Crippen LogP) is 3.01. The first-order valence-corrected chi connectivity index (χ1v) is 5.72. The molecule has 0 fully saturated rings. The van der Waals surface area contributed by atoms with E-state index in [0.717, 1.165) is 19.3 Å². The van der Waals surface area contributed by atoms with Gasteiger partial charge in [0.2, 0.25) is 0 Å². The average Bonchev–Trinajstić information content (AvgIpc) is 2.12. The van der Waals surface area contributed by atoms with E-state index in [1.165, 1.54) is 0 Å². The van der Waals surface area contributed by atoms with Crippen molar-refractivity contribution in [3.63, 3.8) is 0 Å². The van der Waals surface area contributed by atoms with E-state index >= 15 is 0 Å². The first kappa shape index (κ1) is 17.3. The fourth-order valence-corrected chi connectivity index (χ4v) is 0.829. The summed E-state index contributed by atoms with van der Waals surface area (Å²) in [6, 6.07) is 0. The fourth-order valence-electron chi connectivity index (χ4n) is 0.829. The van der Waals surface area contributed by atoms with Gasteiger partial charge in [-0.2, -0.15) is 0 Å². The van der Waals surface area contributed by atoms with E-state index in [2.05, 4.69) is 13.8 Å². The van der Waals surface area contributed by atoms with Crippen molar-refractivity contribution in [1.82, 2.24) is 0 Å². The minimum absolute atomic E-state index is 0.231. The lowest BCUT2D eigenvalue weighted by Gasteiger charge is -2.01. The second-order valence-electron chi connectivity index (χ2n) is 4.53. The molecule has 0 rings (SSSR count). The Kier molecular flexibility index (Phi) is 11.3. The van der Waals surface area contributed by atoms with E-state index in [-0.39, 0.29) is 5.92 Å². The lowest BCUT2D eigenvalue weighted by atomic mass is 10.1.